The number of halogens is 2. The summed E-state index contributed by atoms with van der Waals surface area (Å²) in [5.74, 6) is -3.00. The molecule has 0 saturated carbocycles. The molecule has 2 rings (SSSR count). The van der Waals surface area contributed by atoms with Gasteiger partial charge in [0.1, 0.15) is 11.6 Å². The number of nitrogen functional groups attached to an aromatic ring is 1. The number of hydrogen-bond acceptors (Lipinski definition) is 5. The molecule has 0 radical (unpaired) electrons. The van der Waals surface area contributed by atoms with E-state index in [4.69, 9.17) is 10.5 Å². The summed E-state index contributed by atoms with van der Waals surface area (Å²) in [6, 6.07) is 0.322. The number of anilines is 2. The molecule has 1 fully saturated rings. The number of amides is 1. The van der Waals surface area contributed by atoms with Crippen LogP contribution in [0.15, 0.2) is 18.5 Å². The summed E-state index contributed by atoms with van der Waals surface area (Å²) in [7, 11) is 0. The van der Waals surface area contributed by atoms with E-state index in [9.17, 15) is 13.6 Å². The van der Waals surface area contributed by atoms with Crippen molar-refractivity contribution < 1.29 is 18.3 Å². The first-order valence-corrected chi connectivity index (χ1v) is 7.40. The van der Waals surface area contributed by atoms with Crippen molar-refractivity contribution in [1.29, 1.82) is 0 Å². The molecule has 0 aromatic carbocycles. The minimum Gasteiger partial charge on any atom is -0.444 e. The van der Waals surface area contributed by atoms with Gasteiger partial charge in [-0.15, -0.1) is 0 Å². The summed E-state index contributed by atoms with van der Waals surface area (Å²) in [5, 5.41) is 2.28. The van der Waals surface area contributed by atoms with E-state index < -0.39 is 23.7 Å². The van der Waals surface area contributed by atoms with Crippen molar-refractivity contribution in [2.24, 2.45) is 0 Å². The second-order valence-electron chi connectivity index (χ2n) is 6.59. The molecule has 0 bridgehead atoms. The Labute approximate surface area is 134 Å². The van der Waals surface area contributed by atoms with Crippen LogP contribution < -0.4 is 16.0 Å². The number of alkyl halides is 2. The van der Waals surface area contributed by atoms with Gasteiger partial charge >= 0.3 is 6.09 Å². The van der Waals surface area contributed by atoms with Crippen LogP contribution in [-0.4, -0.2) is 41.7 Å². The number of alkyl carbamates (subject to hydrolysis) is 1. The number of pyridine rings is 1. The zero-order valence-electron chi connectivity index (χ0n) is 13.5. The maximum Gasteiger partial charge on any atom is 0.408 e. The number of nitrogens with two attached hydrogens (primary N) is 1. The van der Waals surface area contributed by atoms with Gasteiger partial charge in [-0.1, -0.05) is 0 Å². The minimum atomic E-state index is -3.00. The first kappa shape index (κ1) is 17.2. The molecule has 0 unspecified atom stereocenters. The second kappa shape index (κ2) is 6.17. The van der Waals surface area contributed by atoms with E-state index in [1.54, 1.807) is 37.9 Å². The van der Waals surface area contributed by atoms with E-state index in [1.165, 1.54) is 6.20 Å². The summed E-state index contributed by atoms with van der Waals surface area (Å²) >= 11 is 0. The van der Waals surface area contributed by atoms with E-state index >= 15 is 0 Å². The van der Waals surface area contributed by atoms with Crippen molar-refractivity contribution in [3.05, 3.63) is 18.5 Å². The molecule has 1 amide bonds. The fraction of sp³-hybridized carbons (Fsp3) is 0.600. The van der Waals surface area contributed by atoms with Gasteiger partial charge in [0.2, 0.25) is 0 Å². The molecule has 6 nitrogen and oxygen atoms in total. The summed E-state index contributed by atoms with van der Waals surface area (Å²) in [5.41, 5.74) is 6.14. The Bertz CT molecular complexity index is 575. The van der Waals surface area contributed by atoms with Crippen molar-refractivity contribution in [3.8, 4) is 0 Å². The highest BCUT2D eigenvalue weighted by atomic mass is 19.3. The van der Waals surface area contributed by atoms with E-state index in [-0.39, 0.29) is 19.5 Å². The lowest BCUT2D eigenvalue weighted by Gasteiger charge is -2.40. The Balaban J connectivity index is 2.10. The van der Waals surface area contributed by atoms with Crippen LogP contribution in [0.3, 0.4) is 0 Å². The Kier molecular flexibility index (Phi) is 4.63. The van der Waals surface area contributed by atoms with Crippen LogP contribution in [0.2, 0.25) is 0 Å². The van der Waals surface area contributed by atoms with E-state index in [0.717, 1.165) is 0 Å². The highest BCUT2D eigenvalue weighted by molar-refractivity contribution is 5.69. The lowest BCUT2D eigenvalue weighted by molar-refractivity contribution is -0.0535. The van der Waals surface area contributed by atoms with Gasteiger partial charge in [0.15, 0.2) is 0 Å². The maximum absolute atomic E-state index is 14.1. The van der Waals surface area contributed by atoms with Gasteiger partial charge in [0.25, 0.3) is 5.92 Å². The highest BCUT2D eigenvalue weighted by Crippen LogP contribution is 2.33. The van der Waals surface area contributed by atoms with Crippen LogP contribution in [0.1, 0.15) is 27.2 Å². The molecule has 1 aromatic rings. The van der Waals surface area contributed by atoms with Gasteiger partial charge < -0.3 is 20.7 Å². The molecule has 8 heteroatoms. The van der Waals surface area contributed by atoms with Crippen LogP contribution in [0, 0.1) is 0 Å². The first-order chi connectivity index (χ1) is 10.6. The topological polar surface area (TPSA) is 80.5 Å². The molecule has 1 aliphatic heterocycles. The zero-order chi connectivity index (χ0) is 17.3. The van der Waals surface area contributed by atoms with Crippen molar-refractivity contribution in [2.75, 3.05) is 23.7 Å². The number of nitrogens with zero attached hydrogens (tertiary/aromatic N) is 2. The molecule has 2 heterocycles. The van der Waals surface area contributed by atoms with Crippen LogP contribution in [0.25, 0.3) is 0 Å². The van der Waals surface area contributed by atoms with E-state index in [2.05, 4.69) is 10.3 Å². The molecule has 1 saturated heterocycles. The number of carbonyl (C=O) groups excluding carboxylic acids is 1. The molecule has 1 atom stereocenters. The third-order valence-electron chi connectivity index (χ3n) is 3.49. The number of carbonyl (C=O) groups is 1. The quantitative estimate of drug-likeness (QED) is 0.871. The monoisotopic (exact) mass is 328 g/mol. The zero-order valence-corrected chi connectivity index (χ0v) is 13.5. The van der Waals surface area contributed by atoms with Crippen molar-refractivity contribution in [3.63, 3.8) is 0 Å². The second-order valence-corrected chi connectivity index (χ2v) is 6.59. The third-order valence-corrected chi connectivity index (χ3v) is 3.49. The highest BCUT2D eigenvalue weighted by Gasteiger charge is 2.45. The smallest absolute Gasteiger partial charge is 0.408 e. The molecule has 128 valence electrons. The van der Waals surface area contributed by atoms with Gasteiger partial charge in [-0.2, -0.15) is 0 Å². The van der Waals surface area contributed by atoms with E-state index in [1.807, 2.05) is 0 Å². The minimum absolute atomic E-state index is 0.0551. The molecule has 1 aliphatic rings. The lowest BCUT2D eigenvalue weighted by atomic mass is 10.0. The third kappa shape index (κ3) is 4.43. The Morgan fingerprint density at radius 2 is 2.22 bits per heavy atom. The Hall–Kier alpha value is -2.12. The van der Waals surface area contributed by atoms with Gasteiger partial charge in [-0.05, 0) is 26.8 Å². The number of piperidine rings is 1. The number of rotatable bonds is 2. The summed E-state index contributed by atoms with van der Waals surface area (Å²) in [6.45, 7) is 5.12. The molecule has 0 aliphatic carbocycles. The van der Waals surface area contributed by atoms with Crippen LogP contribution in [0.4, 0.5) is 25.0 Å². The van der Waals surface area contributed by atoms with Gasteiger partial charge in [0, 0.05) is 25.7 Å². The predicted molar refractivity (Wildman–Crippen MR) is 83.6 cm³/mol. The fourth-order valence-corrected chi connectivity index (χ4v) is 2.41. The molecule has 3 N–H and O–H groups in total. The van der Waals surface area contributed by atoms with Gasteiger partial charge in [-0.3, -0.25) is 4.98 Å². The first-order valence-electron chi connectivity index (χ1n) is 7.40. The summed E-state index contributed by atoms with van der Waals surface area (Å²) in [4.78, 5) is 17.4. The Morgan fingerprint density at radius 1 is 1.52 bits per heavy atom. The SMILES string of the molecule is CC(C)(C)OC(=O)N[C@@H]1CN(c2ccncc2N)CCC1(F)F. The standard InChI is InChI=1S/C15H22F2N4O2/c1-14(2,3)23-13(22)20-12-9-21(7-5-15(12,16)17)11-4-6-19-8-10(11)18/h4,6,8,12H,5,7,9,18H2,1-3H3,(H,20,22)/t12-/m1/s1. The van der Waals surface area contributed by atoms with Crippen LogP contribution in [0.5, 0.6) is 0 Å². The average molecular weight is 328 g/mol. The number of nitrogens with one attached hydrogen (secondary N) is 1. The van der Waals surface area contributed by atoms with Gasteiger partial charge in [0.05, 0.1) is 17.6 Å². The molecule has 23 heavy (non-hydrogen) atoms. The molecule has 1 aromatic heterocycles. The largest absolute Gasteiger partial charge is 0.444 e. The summed E-state index contributed by atoms with van der Waals surface area (Å²) in [6.07, 6.45) is 1.79. The van der Waals surface area contributed by atoms with Crippen LogP contribution >= 0.6 is 0 Å². The van der Waals surface area contributed by atoms with Crippen molar-refractivity contribution >= 4 is 17.5 Å². The molecular formula is C15H22F2N4O2. The van der Waals surface area contributed by atoms with E-state index in [0.29, 0.717) is 11.4 Å². The fourth-order valence-electron chi connectivity index (χ4n) is 2.41. The van der Waals surface area contributed by atoms with Crippen molar-refractivity contribution in [2.45, 2.75) is 44.8 Å². The normalized spacial score (nSPS) is 20.9. The molecule has 0 spiro atoms. The van der Waals surface area contributed by atoms with Crippen LogP contribution in [-0.2, 0) is 4.74 Å². The number of aromatic nitrogens is 1. The number of hydrogen-bond donors (Lipinski definition) is 2. The molecular weight excluding hydrogens is 306 g/mol. The van der Waals surface area contributed by atoms with Gasteiger partial charge in [-0.25, -0.2) is 13.6 Å². The summed E-state index contributed by atoms with van der Waals surface area (Å²) < 4.78 is 33.3. The average Bonchev–Trinajstić information content (AvgIpc) is 2.40. The van der Waals surface area contributed by atoms with Crippen molar-refractivity contribution in [1.82, 2.24) is 10.3 Å². The number of ether oxygens (including phenoxy) is 1. The lowest BCUT2D eigenvalue weighted by Crippen LogP contribution is -2.59. The Morgan fingerprint density at radius 3 is 2.83 bits per heavy atom. The predicted octanol–water partition coefficient (Wildman–Crippen LogP) is 2.40. The maximum atomic E-state index is 14.1.